The lowest BCUT2D eigenvalue weighted by Gasteiger charge is -2.24. The number of nitrogens with zero attached hydrogens (tertiary/aromatic N) is 1. The van der Waals surface area contributed by atoms with Crippen molar-refractivity contribution < 1.29 is 19.1 Å². The molecule has 3 rings (SSSR count). The number of hydrogen-bond acceptors (Lipinski definition) is 6. The Morgan fingerprint density at radius 2 is 2.00 bits per heavy atom. The minimum absolute atomic E-state index is 0.0900. The van der Waals surface area contributed by atoms with Gasteiger partial charge in [-0.15, -0.1) is 0 Å². The predicted molar refractivity (Wildman–Crippen MR) is 95.9 cm³/mol. The summed E-state index contributed by atoms with van der Waals surface area (Å²) >= 11 is 0. The number of fused-ring (bicyclic) bond motifs is 1. The maximum atomic E-state index is 12.3. The van der Waals surface area contributed by atoms with Crippen molar-refractivity contribution in [2.75, 3.05) is 18.6 Å². The summed E-state index contributed by atoms with van der Waals surface area (Å²) in [7, 11) is 1.91. The maximum absolute atomic E-state index is 12.3. The van der Waals surface area contributed by atoms with Gasteiger partial charge in [0.15, 0.2) is 12.4 Å². The second-order valence-electron chi connectivity index (χ2n) is 6.77. The van der Waals surface area contributed by atoms with Gasteiger partial charge in [-0.25, -0.2) is 4.79 Å². The van der Waals surface area contributed by atoms with Crippen molar-refractivity contribution in [3.63, 3.8) is 0 Å². The molecule has 136 valence electrons. The van der Waals surface area contributed by atoms with Crippen LogP contribution in [0.25, 0.3) is 0 Å². The number of allylic oxidation sites excluding steroid dienone is 1. The molecular formula is C19H21N3O4. The lowest BCUT2D eigenvalue weighted by molar-refractivity contribution is -0.143. The van der Waals surface area contributed by atoms with E-state index in [2.05, 4.69) is 24.7 Å². The normalized spacial score (nSPS) is 19.3. The molecule has 2 aliphatic rings. The van der Waals surface area contributed by atoms with E-state index < -0.39 is 5.97 Å². The van der Waals surface area contributed by atoms with Crippen LogP contribution < -0.4 is 15.8 Å². The number of ketones is 1. The van der Waals surface area contributed by atoms with Crippen LogP contribution in [0.15, 0.2) is 47.8 Å². The molecule has 7 nitrogen and oxygen atoms in total. The molecule has 0 atom stereocenters. The van der Waals surface area contributed by atoms with Gasteiger partial charge < -0.3 is 9.64 Å². The number of hydrazine groups is 1. The second kappa shape index (κ2) is 6.67. The molecule has 0 saturated carbocycles. The lowest BCUT2D eigenvalue weighted by atomic mass is 9.83. The molecule has 2 N–H and O–H groups in total. The van der Waals surface area contributed by atoms with Crippen molar-refractivity contribution in [3.05, 3.63) is 53.4 Å². The first-order valence-corrected chi connectivity index (χ1v) is 8.31. The zero-order valence-electron chi connectivity index (χ0n) is 15.0. The quantitative estimate of drug-likeness (QED) is 0.626. The SMILES string of the molecule is CN1/C(=C/C(=O)COC(=O)C2=CCC(=O)NN2)C(C)(C)c2ccccc21. The standard InChI is InChI=1S/C19H21N3O4/c1-19(2)13-6-4-5-7-15(13)22(3)16(19)10-12(23)11-26-18(25)14-8-9-17(24)21-20-14/h4-8,10,20H,9,11H2,1-3H3,(H,21,24)/b16-10+. The molecule has 1 aromatic carbocycles. The highest BCUT2D eigenvalue weighted by molar-refractivity contribution is 5.97. The largest absolute Gasteiger partial charge is 0.453 e. The Morgan fingerprint density at radius 1 is 1.27 bits per heavy atom. The van der Waals surface area contributed by atoms with Crippen LogP contribution in [0.3, 0.4) is 0 Å². The van der Waals surface area contributed by atoms with Gasteiger partial charge in [-0.1, -0.05) is 32.0 Å². The third-order valence-electron chi connectivity index (χ3n) is 4.63. The van der Waals surface area contributed by atoms with E-state index in [1.807, 2.05) is 36.2 Å². The molecule has 2 aliphatic heterocycles. The summed E-state index contributed by atoms with van der Waals surface area (Å²) in [6.45, 7) is 3.75. The van der Waals surface area contributed by atoms with Crippen LogP contribution in [0.5, 0.6) is 0 Å². The van der Waals surface area contributed by atoms with Gasteiger partial charge in [-0.3, -0.25) is 20.4 Å². The smallest absolute Gasteiger partial charge is 0.356 e. The third kappa shape index (κ3) is 3.20. The van der Waals surface area contributed by atoms with E-state index in [9.17, 15) is 14.4 Å². The number of nitrogens with one attached hydrogen (secondary N) is 2. The van der Waals surface area contributed by atoms with Crippen LogP contribution >= 0.6 is 0 Å². The van der Waals surface area contributed by atoms with Crippen molar-refractivity contribution in [1.82, 2.24) is 10.9 Å². The number of rotatable bonds is 4. The molecule has 0 spiro atoms. The first kappa shape index (κ1) is 17.7. The van der Waals surface area contributed by atoms with E-state index in [0.717, 1.165) is 16.9 Å². The van der Waals surface area contributed by atoms with Crippen molar-refractivity contribution in [2.45, 2.75) is 25.7 Å². The highest BCUT2D eigenvalue weighted by atomic mass is 16.5. The van der Waals surface area contributed by atoms with Crippen LogP contribution in [0, 0.1) is 0 Å². The number of ether oxygens (including phenoxy) is 1. The number of anilines is 1. The Kier molecular flexibility index (Phi) is 4.54. The highest BCUT2D eigenvalue weighted by Crippen LogP contribution is 2.46. The van der Waals surface area contributed by atoms with E-state index >= 15 is 0 Å². The van der Waals surface area contributed by atoms with Crippen molar-refractivity contribution in [1.29, 1.82) is 0 Å². The average molecular weight is 355 g/mol. The Balaban J connectivity index is 1.68. The van der Waals surface area contributed by atoms with Gasteiger partial charge in [0.25, 0.3) is 0 Å². The minimum atomic E-state index is -0.681. The second-order valence-corrected chi connectivity index (χ2v) is 6.77. The fourth-order valence-electron chi connectivity index (χ4n) is 3.24. The van der Waals surface area contributed by atoms with Crippen molar-refractivity contribution in [2.24, 2.45) is 0 Å². The molecule has 0 fully saturated rings. The number of amides is 1. The molecule has 0 aromatic heterocycles. The van der Waals surface area contributed by atoms with Crippen molar-refractivity contribution >= 4 is 23.3 Å². The van der Waals surface area contributed by atoms with E-state index in [1.165, 1.54) is 12.2 Å². The zero-order chi connectivity index (χ0) is 18.9. The molecule has 7 heteroatoms. The Hall–Kier alpha value is -3.09. The van der Waals surface area contributed by atoms with Crippen LogP contribution in [-0.2, 0) is 24.5 Å². The minimum Gasteiger partial charge on any atom is -0.453 e. The van der Waals surface area contributed by atoms with Gasteiger partial charge >= 0.3 is 5.97 Å². The third-order valence-corrected chi connectivity index (χ3v) is 4.63. The first-order valence-electron chi connectivity index (χ1n) is 8.31. The monoisotopic (exact) mass is 355 g/mol. The topological polar surface area (TPSA) is 87.7 Å². The molecule has 0 radical (unpaired) electrons. The molecule has 0 bridgehead atoms. The summed E-state index contributed by atoms with van der Waals surface area (Å²) in [6.07, 6.45) is 3.04. The van der Waals surface area contributed by atoms with E-state index in [0.29, 0.717) is 0 Å². The van der Waals surface area contributed by atoms with E-state index in [1.54, 1.807) is 0 Å². The maximum Gasteiger partial charge on any atom is 0.356 e. The number of carbonyl (C=O) groups excluding carboxylic acids is 3. The summed E-state index contributed by atoms with van der Waals surface area (Å²) in [5.74, 6) is -1.23. The molecule has 0 aliphatic carbocycles. The average Bonchev–Trinajstić information content (AvgIpc) is 2.81. The molecule has 0 unspecified atom stereocenters. The zero-order valence-corrected chi connectivity index (χ0v) is 15.0. The van der Waals surface area contributed by atoms with Crippen LogP contribution in [0.1, 0.15) is 25.8 Å². The molecule has 2 heterocycles. The Labute approximate surface area is 151 Å². The van der Waals surface area contributed by atoms with Gasteiger partial charge in [0.2, 0.25) is 5.91 Å². The van der Waals surface area contributed by atoms with Crippen LogP contribution in [-0.4, -0.2) is 31.3 Å². The van der Waals surface area contributed by atoms with Gasteiger partial charge in [-0.2, -0.15) is 0 Å². The van der Waals surface area contributed by atoms with Gasteiger partial charge in [-0.05, 0) is 17.7 Å². The van der Waals surface area contributed by atoms with E-state index in [-0.39, 0.29) is 35.8 Å². The summed E-state index contributed by atoms with van der Waals surface area (Å²) in [6, 6.07) is 8.00. The Bertz CT molecular complexity index is 839. The number of likely N-dealkylation sites (N-methyl/N-ethyl adjacent to an activating group) is 1. The summed E-state index contributed by atoms with van der Waals surface area (Å²) in [5, 5.41) is 0. The lowest BCUT2D eigenvalue weighted by Crippen LogP contribution is -2.42. The highest BCUT2D eigenvalue weighted by Gasteiger charge is 2.38. The first-order chi connectivity index (χ1) is 12.3. The number of benzene rings is 1. The fraction of sp³-hybridized carbons (Fsp3) is 0.316. The Morgan fingerprint density at radius 3 is 2.65 bits per heavy atom. The number of carbonyl (C=O) groups is 3. The molecule has 1 amide bonds. The predicted octanol–water partition coefficient (Wildman–Crippen LogP) is 1.32. The van der Waals surface area contributed by atoms with E-state index in [4.69, 9.17) is 4.74 Å². The molecule has 0 saturated heterocycles. The summed E-state index contributed by atoms with van der Waals surface area (Å²) < 4.78 is 5.04. The number of esters is 1. The summed E-state index contributed by atoms with van der Waals surface area (Å²) in [4.78, 5) is 37.3. The van der Waals surface area contributed by atoms with Gasteiger partial charge in [0.1, 0.15) is 5.70 Å². The molecule has 26 heavy (non-hydrogen) atoms. The fourth-order valence-corrected chi connectivity index (χ4v) is 3.24. The summed E-state index contributed by atoms with van der Waals surface area (Å²) in [5.41, 5.74) is 7.63. The van der Waals surface area contributed by atoms with Gasteiger partial charge in [0, 0.05) is 36.3 Å². The number of para-hydroxylation sites is 1. The molecule has 1 aromatic rings. The number of hydrogen-bond donors (Lipinski definition) is 2. The molecular weight excluding hydrogens is 334 g/mol. The van der Waals surface area contributed by atoms with Crippen molar-refractivity contribution in [3.8, 4) is 0 Å². The van der Waals surface area contributed by atoms with Crippen LogP contribution in [0.4, 0.5) is 5.69 Å². The van der Waals surface area contributed by atoms with Crippen LogP contribution in [0.2, 0.25) is 0 Å². The van der Waals surface area contributed by atoms with Gasteiger partial charge in [0.05, 0.1) is 0 Å².